The number of rotatable bonds is 11. The van der Waals surface area contributed by atoms with Gasteiger partial charge in [0.25, 0.3) is 0 Å². The summed E-state index contributed by atoms with van der Waals surface area (Å²) in [6, 6.07) is 27.7. The summed E-state index contributed by atoms with van der Waals surface area (Å²) in [5.41, 5.74) is 2.68. The topological polar surface area (TPSA) is 70.0 Å². The fourth-order valence-electron chi connectivity index (χ4n) is 5.51. The standard InChI is InChI=1S/C32H39NO4/c1-2-37-31(35)24-25-15-17-26(18-16-25)30(34)14-9-21-33-22-19-29(20-23-33)32(36,27-10-5-3-6-11-27)28-12-7-4-8-13-28/h3-8,10-13,15-18,29-30,34,36H,2,9,14,19-24H2,1H3. The van der Waals surface area contributed by atoms with Crippen molar-refractivity contribution in [1.29, 1.82) is 0 Å². The van der Waals surface area contributed by atoms with Crippen molar-refractivity contribution in [2.24, 2.45) is 5.92 Å². The molecule has 196 valence electrons. The van der Waals surface area contributed by atoms with Crippen LogP contribution in [-0.4, -0.2) is 47.3 Å². The van der Waals surface area contributed by atoms with Crippen LogP contribution in [0.5, 0.6) is 0 Å². The van der Waals surface area contributed by atoms with E-state index in [9.17, 15) is 15.0 Å². The highest BCUT2D eigenvalue weighted by molar-refractivity contribution is 5.72. The Kier molecular flexibility index (Phi) is 9.51. The van der Waals surface area contributed by atoms with Gasteiger partial charge in [-0.25, -0.2) is 0 Å². The second-order valence-corrected chi connectivity index (χ2v) is 10.00. The van der Waals surface area contributed by atoms with Gasteiger partial charge in [0.15, 0.2) is 0 Å². The summed E-state index contributed by atoms with van der Waals surface area (Å²) in [4.78, 5) is 14.1. The van der Waals surface area contributed by atoms with E-state index in [-0.39, 0.29) is 18.3 Å². The van der Waals surface area contributed by atoms with E-state index in [0.29, 0.717) is 13.0 Å². The van der Waals surface area contributed by atoms with Gasteiger partial charge in [-0.05, 0) is 80.4 Å². The van der Waals surface area contributed by atoms with Crippen LogP contribution in [0.15, 0.2) is 84.9 Å². The van der Waals surface area contributed by atoms with Crippen LogP contribution in [0.2, 0.25) is 0 Å². The number of likely N-dealkylation sites (tertiary alicyclic amines) is 1. The summed E-state index contributed by atoms with van der Waals surface area (Å²) in [6.07, 6.45) is 3.17. The lowest BCUT2D eigenvalue weighted by atomic mass is 9.72. The molecule has 1 saturated heterocycles. The second-order valence-electron chi connectivity index (χ2n) is 10.00. The summed E-state index contributed by atoms with van der Waals surface area (Å²) in [7, 11) is 0. The van der Waals surface area contributed by atoms with Crippen molar-refractivity contribution in [1.82, 2.24) is 4.90 Å². The minimum Gasteiger partial charge on any atom is -0.466 e. The molecule has 0 radical (unpaired) electrons. The molecule has 0 saturated carbocycles. The number of carbonyl (C=O) groups is 1. The molecule has 1 heterocycles. The molecule has 1 atom stereocenters. The fourth-order valence-corrected chi connectivity index (χ4v) is 5.51. The number of ether oxygens (including phenoxy) is 1. The Hall–Kier alpha value is -2.99. The summed E-state index contributed by atoms with van der Waals surface area (Å²) in [6.45, 7) is 4.99. The zero-order chi connectivity index (χ0) is 26.1. The predicted octanol–water partition coefficient (Wildman–Crippen LogP) is 5.25. The largest absolute Gasteiger partial charge is 0.466 e. The van der Waals surface area contributed by atoms with Gasteiger partial charge < -0.3 is 19.8 Å². The van der Waals surface area contributed by atoms with Crippen molar-refractivity contribution in [3.63, 3.8) is 0 Å². The molecule has 0 spiro atoms. The molecule has 2 N–H and O–H groups in total. The van der Waals surface area contributed by atoms with Crippen molar-refractivity contribution < 1.29 is 19.7 Å². The smallest absolute Gasteiger partial charge is 0.310 e. The van der Waals surface area contributed by atoms with Crippen LogP contribution < -0.4 is 0 Å². The minimum atomic E-state index is -0.996. The lowest BCUT2D eigenvalue weighted by Gasteiger charge is -2.42. The summed E-state index contributed by atoms with van der Waals surface area (Å²) in [5.74, 6) is -0.0854. The predicted molar refractivity (Wildman–Crippen MR) is 146 cm³/mol. The van der Waals surface area contributed by atoms with Crippen LogP contribution in [0.1, 0.15) is 61.0 Å². The minimum absolute atomic E-state index is 0.146. The van der Waals surface area contributed by atoms with Crippen LogP contribution >= 0.6 is 0 Å². The highest BCUT2D eigenvalue weighted by atomic mass is 16.5. The van der Waals surface area contributed by atoms with Crippen LogP contribution in [0.25, 0.3) is 0 Å². The zero-order valence-electron chi connectivity index (χ0n) is 21.8. The molecule has 4 rings (SSSR count). The Labute approximate surface area is 220 Å². The molecule has 1 fully saturated rings. The van der Waals surface area contributed by atoms with E-state index in [1.807, 2.05) is 84.9 Å². The Balaban J connectivity index is 1.28. The average molecular weight is 502 g/mol. The highest BCUT2D eigenvalue weighted by Crippen LogP contribution is 2.41. The van der Waals surface area contributed by atoms with Crippen LogP contribution in [-0.2, 0) is 21.6 Å². The second kappa shape index (κ2) is 13.0. The van der Waals surface area contributed by atoms with Crippen molar-refractivity contribution in [2.75, 3.05) is 26.2 Å². The molecule has 37 heavy (non-hydrogen) atoms. The molecule has 1 aliphatic rings. The van der Waals surface area contributed by atoms with Gasteiger partial charge in [0.1, 0.15) is 5.60 Å². The van der Waals surface area contributed by atoms with Gasteiger partial charge in [-0.1, -0.05) is 84.9 Å². The van der Waals surface area contributed by atoms with E-state index in [4.69, 9.17) is 4.74 Å². The number of esters is 1. The van der Waals surface area contributed by atoms with Crippen molar-refractivity contribution in [3.8, 4) is 0 Å². The molecule has 3 aromatic rings. The van der Waals surface area contributed by atoms with E-state index < -0.39 is 11.7 Å². The van der Waals surface area contributed by atoms with Crippen molar-refractivity contribution >= 4 is 5.97 Å². The van der Waals surface area contributed by atoms with Gasteiger partial charge in [0, 0.05) is 0 Å². The third kappa shape index (κ3) is 6.86. The van der Waals surface area contributed by atoms with E-state index in [2.05, 4.69) is 4.90 Å². The first-order valence-electron chi connectivity index (χ1n) is 13.5. The third-order valence-corrected chi connectivity index (χ3v) is 7.58. The molecule has 5 heteroatoms. The molecule has 0 bridgehead atoms. The normalized spacial score (nSPS) is 15.9. The van der Waals surface area contributed by atoms with Crippen LogP contribution in [0.3, 0.4) is 0 Å². The first-order valence-corrected chi connectivity index (χ1v) is 13.5. The summed E-state index contributed by atoms with van der Waals surface area (Å²) >= 11 is 0. The average Bonchev–Trinajstić information content (AvgIpc) is 2.94. The van der Waals surface area contributed by atoms with Gasteiger partial charge in [-0.2, -0.15) is 0 Å². The summed E-state index contributed by atoms with van der Waals surface area (Å²) < 4.78 is 5.00. The summed E-state index contributed by atoms with van der Waals surface area (Å²) in [5, 5.41) is 22.7. The molecule has 1 aliphatic heterocycles. The van der Waals surface area contributed by atoms with Crippen molar-refractivity contribution in [2.45, 2.75) is 50.7 Å². The highest BCUT2D eigenvalue weighted by Gasteiger charge is 2.41. The van der Waals surface area contributed by atoms with Gasteiger partial charge in [0.05, 0.1) is 19.1 Å². The van der Waals surface area contributed by atoms with E-state index in [0.717, 1.165) is 61.2 Å². The van der Waals surface area contributed by atoms with E-state index in [1.165, 1.54) is 0 Å². The Morgan fingerprint density at radius 2 is 1.51 bits per heavy atom. The molecule has 1 unspecified atom stereocenters. The van der Waals surface area contributed by atoms with Crippen LogP contribution in [0, 0.1) is 5.92 Å². The van der Waals surface area contributed by atoms with Gasteiger partial charge in [0.2, 0.25) is 0 Å². The Morgan fingerprint density at radius 3 is 2.05 bits per heavy atom. The molecule has 0 aromatic heterocycles. The number of benzene rings is 3. The molecular weight excluding hydrogens is 462 g/mol. The maximum atomic E-state index is 12.1. The maximum Gasteiger partial charge on any atom is 0.310 e. The van der Waals surface area contributed by atoms with E-state index >= 15 is 0 Å². The number of piperidine rings is 1. The third-order valence-electron chi connectivity index (χ3n) is 7.58. The van der Waals surface area contributed by atoms with Crippen molar-refractivity contribution in [3.05, 3.63) is 107 Å². The van der Waals surface area contributed by atoms with Crippen LogP contribution in [0.4, 0.5) is 0 Å². The molecule has 0 aliphatic carbocycles. The number of hydrogen-bond acceptors (Lipinski definition) is 5. The number of hydrogen-bond donors (Lipinski definition) is 2. The van der Waals surface area contributed by atoms with Gasteiger partial charge >= 0.3 is 5.97 Å². The number of carbonyl (C=O) groups excluding carboxylic acids is 1. The van der Waals surface area contributed by atoms with Gasteiger partial charge in [-0.3, -0.25) is 4.79 Å². The van der Waals surface area contributed by atoms with E-state index in [1.54, 1.807) is 6.92 Å². The Bertz CT molecular complexity index is 1050. The maximum absolute atomic E-state index is 12.1. The number of nitrogens with zero attached hydrogens (tertiary/aromatic N) is 1. The first kappa shape index (κ1) is 27.1. The fraction of sp³-hybridized carbons (Fsp3) is 0.406. The Morgan fingerprint density at radius 1 is 0.946 bits per heavy atom. The first-order chi connectivity index (χ1) is 18.0. The lowest BCUT2D eigenvalue weighted by Crippen LogP contribution is -2.44. The zero-order valence-corrected chi connectivity index (χ0v) is 21.8. The number of aliphatic hydroxyl groups excluding tert-OH is 1. The molecular formula is C32H39NO4. The molecule has 3 aromatic carbocycles. The SMILES string of the molecule is CCOC(=O)Cc1ccc(C(O)CCCN2CCC(C(O)(c3ccccc3)c3ccccc3)CC2)cc1. The molecule has 0 amide bonds. The quantitative estimate of drug-likeness (QED) is 0.351. The monoisotopic (exact) mass is 501 g/mol. The van der Waals surface area contributed by atoms with Gasteiger partial charge in [-0.15, -0.1) is 0 Å². The lowest BCUT2D eigenvalue weighted by molar-refractivity contribution is -0.142. The molecule has 5 nitrogen and oxygen atoms in total. The number of aliphatic hydroxyl groups is 2.